The molecule has 0 aliphatic heterocycles. The van der Waals surface area contributed by atoms with Crippen LogP contribution in [0.25, 0.3) is 0 Å². The lowest BCUT2D eigenvalue weighted by molar-refractivity contribution is 0.399. The van der Waals surface area contributed by atoms with Crippen LogP contribution in [0.4, 0.5) is 0 Å². The van der Waals surface area contributed by atoms with Crippen molar-refractivity contribution in [3.63, 3.8) is 0 Å². The summed E-state index contributed by atoms with van der Waals surface area (Å²) in [5.74, 6) is 0.818. The van der Waals surface area contributed by atoms with Crippen LogP contribution in [0.3, 0.4) is 0 Å². The van der Waals surface area contributed by atoms with Crippen molar-refractivity contribution in [3.05, 3.63) is 58.3 Å². The molecule has 0 radical (unpaired) electrons. The topological polar surface area (TPSA) is 34.2 Å². The molecule has 0 amide bonds. The third-order valence-electron chi connectivity index (χ3n) is 3.11. The highest BCUT2D eigenvalue weighted by Gasteiger charge is 2.14. The molecule has 0 bridgehead atoms. The van der Waals surface area contributed by atoms with E-state index in [1.807, 2.05) is 13.1 Å². The third kappa shape index (κ3) is 3.55. The van der Waals surface area contributed by atoms with Crippen molar-refractivity contribution in [2.24, 2.45) is 0 Å². The first-order valence-corrected chi connectivity index (χ1v) is 6.93. The fourth-order valence-electron chi connectivity index (χ4n) is 2.07. The van der Waals surface area contributed by atoms with Gasteiger partial charge in [-0.25, -0.2) is 0 Å². The summed E-state index contributed by atoms with van der Waals surface area (Å²) in [5.41, 5.74) is 2.41. The molecule has 0 saturated heterocycles. The molecule has 0 aliphatic carbocycles. The number of hydrogen-bond acceptors (Lipinski definition) is 3. The van der Waals surface area contributed by atoms with Crippen LogP contribution < -0.4 is 10.1 Å². The number of methoxy groups -OCH3 is 1. The first-order chi connectivity index (χ1) is 9.24. The molecule has 1 aromatic heterocycles. The summed E-state index contributed by atoms with van der Waals surface area (Å²) in [6, 6.07) is 10.6. The maximum atomic E-state index is 5.37. The molecule has 1 aromatic carbocycles. The van der Waals surface area contributed by atoms with Crippen molar-refractivity contribution in [1.29, 1.82) is 0 Å². The first-order valence-electron chi connectivity index (χ1n) is 6.14. The van der Waals surface area contributed by atoms with E-state index in [1.54, 1.807) is 19.5 Å². The average molecular weight is 321 g/mol. The highest BCUT2D eigenvalue weighted by molar-refractivity contribution is 9.10. The summed E-state index contributed by atoms with van der Waals surface area (Å²) in [6.45, 7) is 0. The number of aromatic nitrogens is 1. The molecular formula is C15H17BrN2O. The summed E-state index contributed by atoms with van der Waals surface area (Å²) in [5, 5.41) is 3.34. The number of rotatable bonds is 5. The van der Waals surface area contributed by atoms with Gasteiger partial charge in [-0.05, 0) is 37.2 Å². The van der Waals surface area contributed by atoms with Crippen LogP contribution in [0.1, 0.15) is 17.2 Å². The van der Waals surface area contributed by atoms with E-state index in [4.69, 9.17) is 4.74 Å². The number of pyridine rings is 1. The molecule has 3 nitrogen and oxygen atoms in total. The second-order valence-electron chi connectivity index (χ2n) is 4.29. The Balaban J connectivity index is 2.22. The fraction of sp³-hybridized carbons (Fsp3) is 0.267. The monoisotopic (exact) mass is 320 g/mol. The standard InChI is InChI=1S/C15H17BrN2O/c1-17-14(9-11-3-5-12(16)6-4-11)13-7-8-18-10-15(13)19-2/h3-8,10,14,17H,9H2,1-2H3. The molecule has 2 aromatic rings. The molecular weight excluding hydrogens is 304 g/mol. The Kier molecular flexibility index (Phi) is 4.93. The normalized spacial score (nSPS) is 12.2. The predicted octanol–water partition coefficient (Wildman–Crippen LogP) is 3.36. The number of ether oxygens (including phenoxy) is 1. The molecule has 0 aliphatic rings. The lowest BCUT2D eigenvalue weighted by Crippen LogP contribution is -2.19. The minimum Gasteiger partial charge on any atom is -0.495 e. The summed E-state index contributed by atoms with van der Waals surface area (Å²) < 4.78 is 6.47. The van der Waals surface area contributed by atoms with Crippen LogP contribution in [0.15, 0.2) is 47.2 Å². The third-order valence-corrected chi connectivity index (χ3v) is 3.64. The van der Waals surface area contributed by atoms with Gasteiger partial charge < -0.3 is 10.1 Å². The van der Waals surface area contributed by atoms with Gasteiger partial charge in [0, 0.05) is 22.3 Å². The van der Waals surface area contributed by atoms with Crippen molar-refractivity contribution in [2.45, 2.75) is 12.5 Å². The van der Waals surface area contributed by atoms with E-state index in [9.17, 15) is 0 Å². The van der Waals surface area contributed by atoms with Gasteiger partial charge in [-0.3, -0.25) is 4.98 Å². The average Bonchev–Trinajstić information content (AvgIpc) is 2.46. The van der Waals surface area contributed by atoms with Gasteiger partial charge in [-0.15, -0.1) is 0 Å². The molecule has 0 fully saturated rings. The molecule has 1 atom stereocenters. The highest BCUT2D eigenvalue weighted by atomic mass is 79.9. The van der Waals surface area contributed by atoms with Gasteiger partial charge >= 0.3 is 0 Å². The second-order valence-corrected chi connectivity index (χ2v) is 5.21. The predicted molar refractivity (Wildman–Crippen MR) is 80.4 cm³/mol. The van der Waals surface area contributed by atoms with E-state index in [0.717, 1.165) is 22.2 Å². The van der Waals surface area contributed by atoms with Crippen molar-refractivity contribution in [1.82, 2.24) is 10.3 Å². The second kappa shape index (κ2) is 6.68. The SMILES string of the molecule is CNC(Cc1ccc(Br)cc1)c1ccncc1OC. The zero-order valence-corrected chi connectivity index (χ0v) is 12.6. The van der Waals surface area contributed by atoms with Crippen LogP contribution in [0.5, 0.6) is 5.75 Å². The van der Waals surface area contributed by atoms with Crippen LogP contribution in [0.2, 0.25) is 0 Å². The largest absolute Gasteiger partial charge is 0.495 e. The van der Waals surface area contributed by atoms with Crippen molar-refractivity contribution in [2.75, 3.05) is 14.2 Å². The van der Waals surface area contributed by atoms with Gasteiger partial charge in [-0.2, -0.15) is 0 Å². The summed E-state index contributed by atoms with van der Waals surface area (Å²) >= 11 is 3.45. The summed E-state index contributed by atoms with van der Waals surface area (Å²) in [7, 11) is 3.64. The van der Waals surface area contributed by atoms with E-state index in [0.29, 0.717) is 0 Å². The van der Waals surface area contributed by atoms with Gasteiger partial charge in [0.05, 0.1) is 13.3 Å². The zero-order valence-electron chi connectivity index (χ0n) is 11.1. The van der Waals surface area contributed by atoms with Gasteiger partial charge in [0.2, 0.25) is 0 Å². The molecule has 100 valence electrons. The quantitative estimate of drug-likeness (QED) is 0.917. The minimum absolute atomic E-state index is 0.208. The highest BCUT2D eigenvalue weighted by Crippen LogP contribution is 2.26. The maximum Gasteiger partial charge on any atom is 0.141 e. The number of nitrogens with zero attached hydrogens (tertiary/aromatic N) is 1. The molecule has 0 spiro atoms. The molecule has 2 rings (SSSR count). The van der Waals surface area contributed by atoms with Gasteiger partial charge in [0.1, 0.15) is 5.75 Å². The van der Waals surface area contributed by atoms with Crippen molar-refractivity contribution < 1.29 is 4.74 Å². The number of likely N-dealkylation sites (N-methyl/N-ethyl adjacent to an activating group) is 1. The maximum absolute atomic E-state index is 5.37. The Morgan fingerprint density at radius 2 is 2.00 bits per heavy atom. The van der Waals surface area contributed by atoms with E-state index in [1.165, 1.54) is 5.56 Å². The summed E-state index contributed by atoms with van der Waals surface area (Å²) in [6.07, 6.45) is 4.45. The number of nitrogens with one attached hydrogen (secondary N) is 1. The molecule has 4 heteroatoms. The van der Waals surface area contributed by atoms with E-state index < -0.39 is 0 Å². The minimum atomic E-state index is 0.208. The van der Waals surface area contributed by atoms with E-state index in [2.05, 4.69) is 50.5 Å². The number of benzene rings is 1. The van der Waals surface area contributed by atoms with Gasteiger partial charge in [-0.1, -0.05) is 28.1 Å². The van der Waals surface area contributed by atoms with E-state index >= 15 is 0 Å². The lowest BCUT2D eigenvalue weighted by Gasteiger charge is -2.19. The molecule has 0 saturated carbocycles. The van der Waals surface area contributed by atoms with E-state index in [-0.39, 0.29) is 6.04 Å². The molecule has 1 N–H and O–H groups in total. The van der Waals surface area contributed by atoms with Crippen LogP contribution in [-0.2, 0) is 6.42 Å². The fourth-order valence-corrected chi connectivity index (χ4v) is 2.34. The smallest absolute Gasteiger partial charge is 0.141 e. The van der Waals surface area contributed by atoms with Crippen LogP contribution in [-0.4, -0.2) is 19.1 Å². The number of halogens is 1. The lowest BCUT2D eigenvalue weighted by atomic mass is 9.99. The molecule has 19 heavy (non-hydrogen) atoms. The van der Waals surface area contributed by atoms with Crippen LogP contribution in [0, 0.1) is 0 Å². The molecule has 1 heterocycles. The first kappa shape index (κ1) is 14.0. The molecule has 1 unspecified atom stereocenters. The number of hydrogen-bond donors (Lipinski definition) is 1. The summed E-state index contributed by atoms with van der Waals surface area (Å²) in [4.78, 5) is 4.09. The van der Waals surface area contributed by atoms with Crippen LogP contribution >= 0.6 is 15.9 Å². The Morgan fingerprint density at radius 1 is 1.26 bits per heavy atom. The Hall–Kier alpha value is -1.39. The zero-order chi connectivity index (χ0) is 13.7. The Bertz CT molecular complexity index is 528. The van der Waals surface area contributed by atoms with Gasteiger partial charge in [0.15, 0.2) is 0 Å². The van der Waals surface area contributed by atoms with Crippen molar-refractivity contribution >= 4 is 15.9 Å². The Labute approximate surface area is 122 Å². The Morgan fingerprint density at radius 3 is 2.63 bits per heavy atom. The van der Waals surface area contributed by atoms with Gasteiger partial charge in [0.25, 0.3) is 0 Å². The van der Waals surface area contributed by atoms with Crippen molar-refractivity contribution in [3.8, 4) is 5.75 Å².